The molecule has 0 atom stereocenters. The maximum absolute atomic E-state index is 12.9. The highest BCUT2D eigenvalue weighted by molar-refractivity contribution is 7.92. The van der Waals surface area contributed by atoms with E-state index in [9.17, 15) is 13.2 Å². The Labute approximate surface area is 266 Å². The number of nitrogens with zero attached hydrogens (tertiary/aromatic N) is 6. The van der Waals surface area contributed by atoms with Crippen LogP contribution in [0.15, 0.2) is 90.1 Å². The highest BCUT2D eigenvalue weighted by Crippen LogP contribution is 2.37. The summed E-state index contributed by atoms with van der Waals surface area (Å²) >= 11 is 1.55. The first-order valence-electron chi connectivity index (χ1n) is 14.5. The summed E-state index contributed by atoms with van der Waals surface area (Å²) < 4.78 is 28.6. The van der Waals surface area contributed by atoms with Crippen LogP contribution in [0, 0.1) is 0 Å². The summed E-state index contributed by atoms with van der Waals surface area (Å²) in [5, 5.41) is 4.19. The molecule has 0 unspecified atom stereocenters. The molecule has 45 heavy (non-hydrogen) atoms. The molecule has 0 bridgehead atoms. The van der Waals surface area contributed by atoms with Gasteiger partial charge >= 0.3 is 0 Å². The smallest absolute Gasteiger partial charge is 0.261 e. The molecule has 1 amide bonds. The van der Waals surface area contributed by atoms with Crippen LogP contribution in [0.25, 0.3) is 21.8 Å². The second kappa shape index (κ2) is 13.0. The molecular weight excluding hydrogens is 609 g/mol. The average molecular weight is 641 g/mol. The van der Waals surface area contributed by atoms with Crippen LogP contribution in [0.2, 0.25) is 0 Å². The van der Waals surface area contributed by atoms with Crippen LogP contribution in [0.4, 0.5) is 23.1 Å². The summed E-state index contributed by atoms with van der Waals surface area (Å²) in [6, 6.07) is 21.2. The summed E-state index contributed by atoms with van der Waals surface area (Å²) in [5.74, 6) is 1.37. The Morgan fingerprint density at radius 3 is 2.42 bits per heavy atom. The molecule has 11 nitrogen and oxygen atoms in total. The van der Waals surface area contributed by atoms with Gasteiger partial charge in [0.1, 0.15) is 5.82 Å². The number of sulfonamides is 1. The highest BCUT2D eigenvalue weighted by atomic mass is 32.2. The van der Waals surface area contributed by atoms with Gasteiger partial charge in [0.25, 0.3) is 10.0 Å². The third-order valence-corrected chi connectivity index (χ3v) is 9.98. The Kier molecular flexibility index (Phi) is 8.71. The molecule has 1 aliphatic rings. The number of nitrogens with one attached hydrogen (secondary N) is 2. The second-order valence-corrected chi connectivity index (χ2v) is 13.2. The van der Waals surface area contributed by atoms with Crippen molar-refractivity contribution < 1.29 is 13.2 Å². The van der Waals surface area contributed by atoms with Gasteiger partial charge < -0.3 is 15.1 Å². The van der Waals surface area contributed by atoms with Crippen molar-refractivity contribution in [3.05, 3.63) is 90.2 Å². The molecule has 2 N–H and O–H groups in total. The highest BCUT2D eigenvalue weighted by Gasteiger charge is 2.21. The molecule has 0 spiro atoms. The van der Waals surface area contributed by atoms with E-state index >= 15 is 0 Å². The Bertz CT molecular complexity index is 1910. The summed E-state index contributed by atoms with van der Waals surface area (Å²) in [4.78, 5) is 35.4. The van der Waals surface area contributed by atoms with Crippen molar-refractivity contribution in [2.24, 2.45) is 0 Å². The van der Waals surface area contributed by atoms with Gasteiger partial charge in [-0.1, -0.05) is 37.3 Å². The summed E-state index contributed by atoms with van der Waals surface area (Å²) in [7, 11) is -3.74. The number of benzene rings is 2. The Hall–Kier alpha value is -4.88. The molecule has 4 heterocycles. The van der Waals surface area contributed by atoms with E-state index in [0.717, 1.165) is 52.2 Å². The molecule has 1 fully saturated rings. The van der Waals surface area contributed by atoms with Crippen LogP contribution in [0.3, 0.4) is 0 Å². The van der Waals surface area contributed by atoms with Gasteiger partial charge in [-0.25, -0.2) is 28.4 Å². The van der Waals surface area contributed by atoms with Crippen molar-refractivity contribution in [2.75, 3.05) is 41.1 Å². The number of pyridine rings is 1. The van der Waals surface area contributed by atoms with Crippen LogP contribution in [-0.2, 0) is 21.2 Å². The first-order valence-corrected chi connectivity index (χ1v) is 16.8. The molecule has 13 heteroatoms. The lowest BCUT2D eigenvalue weighted by molar-refractivity contribution is -0.129. The van der Waals surface area contributed by atoms with E-state index in [0.29, 0.717) is 30.4 Å². The minimum Gasteiger partial charge on any atom is -0.353 e. The molecule has 0 aliphatic carbocycles. The van der Waals surface area contributed by atoms with Gasteiger partial charge in [-0.2, -0.15) is 0 Å². The standard InChI is InChI=1S/C32H32N8O3S2/c1-3-29-37-30(23-8-7-9-24(20-23)38-45(42,43)26-10-5-4-6-11-26)31(44-29)27-14-15-33-32(36-27)35-25-12-13-28(34-21-25)40-18-16-39(17-19-40)22(2)41/h4-15,20-21,38H,3,16-19H2,1-2H3,(H,33,35,36). The van der Waals surface area contributed by atoms with Gasteiger partial charge in [-0.15, -0.1) is 11.3 Å². The van der Waals surface area contributed by atoms with E-state index in [1.807, 2.05) is 36.1 Å². The van der Waals surface area contributed by atoms with Crippen molar-refractivity contribution in [2.45, 2.75) is 25.2 Å². The van der Waals surface area contributed by atoms with E-state index in [4.69, 9.17) is 9.97 Å². The average Bonchev–Trinajstić information content (AvgIpc) is 3.51. The lowest BCUT2D eigenvalue weighted by Gasteiger charge is -2.34. The summed E-state index contributed by atoms with van der Waals surface area (Å²) in [6.07, 6.45) is 4.19. The fourth-order valence-electron chi connectivity index (χ4n) is 5.00. The minimum absolute atomic E-state index is 0.0978. The first kappa shape index (κ1) is 30.2. The van der Waals surface area contributed by atoms with Gasteiger partial charge in [0.05, 0.1) is 38.1 Å². The molecule has 0 saturated carbocycles. The predicted molar refractivity (Wildman–Crippen MR) is 177 cm³/mol. The van der Waals surface area contributed by atoms with Gasteiger partial charge in [0.15, 0.2) is 0 Å². The molecular formula is C32H32N8O3S2. The van der Waals surface area contributed by atoms with Crippen molar-refractivity contribution in [3.8, 4) is 21.8 Å². The Balaban J connectivity index is 1.21. The third-order valence-electron chi connectivity index (χ3n) is 7.36. The Morgan fingerprint density at radius 1 is 0.911 bits per heavy atom. The van der Waals surface area contributed by atoms with Gasteiger partial charge in [-0.3, -0.25) is 9.52 Å². The zero-order valence-electron chi connectivity index (χ0n) is 24.8. The zero-order chi connectivity index (χ0) is 31.4. The first-order chi connectivity index (χ1) is 21.8. The van der Waals surface area contributed by atoms with Crippen LogP contribution in [0.5, 0.6) is 0 Å². The van der Waals surface area contributed by atoms with E-state index in [-0.39, 0.29) is 10.8 Å². The maximum Gasteiger partial charge on any atom is 0.261 e. The van der Waals surface area contributed by atoms with E-state index in [1.165, 1.54) is 0 Å². The van der Waals surface area contributed by atoms with E-state index in [1.54, 1.807) is 79.2 Å². The lowest BCUT2D eigenvalue weighted by atomic mass is 10.1. The number of hydrogen-bond donors (Lipinski definition) is 2. The second-order valence-electron chi connectivity index (χ2n) is 10.4. The quantitative estimate of drug-likeness (QED) is 0.216. The fourth-order valence-corrected chi connectivity index (χ4v) is 7.07. The number of rotatable bonds is 9. The molecule has 6 rings (SSSR count). The molecule has 1 aliphatic heterocycles. The third kappa shape index (κ3) is 6.94. The summed E-state index contributed by atoms with van der Waals surface area (Å²) in [6.45, 7) is 6.49. The molecule has 1 saturated heterocycles. The number of aryl methyl sites for hydroxylation is 1. The molecule has 3 aromatic heterocycles. The Morgan fingerprint density at radius 2 is 1.71 bits per heavy atom. The van der Waals surface area contributed by atoms with Crippen molar-refractivity contribution >= 4 is 50.4 Å². The SMILES string of the molecule is CCc1nc(-c2cccc(NS(=O)(=O)c3ccccc3)c2)c(-c2ccnc(Nc3ccc(N4CCN(C(C)=O)CC4)nc3)n2)s1. The number of amides is 1. The van der Waals surface area contributed by atoms with Crippen molar-refractivity contribution in [1.29, 1.82) is 0 Å². The summed E-state index contributed by atoms with van der Waals surface area (Å²) in [5.41, 5.74) is 3.37. The number of piperazine rings is 1. The van der Waals surface area contributed by atoms with Crippen molar-refractivity contribution in [3.63, 3.8) is 0 Å². The van der Waals surface area contributed by atoms with Gasteiger partial charge in [0, 0.05) is 50.6 Å². The van der Waals surface area contributed by atoms with Crippen LogP contribution < -0.4 is 14.9 Å². The van der Waals surface area contributed by atoms with E-state index in [2.05, 4.69) is 24.9 Å². The van der Waals surface area contributed by atoms with E-state index < -0.39 is 10.0 Å². The number of hydrogen-bond acceptors (Lipinski definition) is 10. The van der Waals surface area contributed by atoms with Gasteiger partial charge in [-0.05, 0) is 48.9 Å². The van der Waals surface area contributed by atoms with Crippen LogP contribution >= 0.6 is 11.3 Å². The zero-order valence-corrected chi connectivity index (χ0v) is 26.5. The number of aromatic nitrogens is 4. The lowest BCUT2D eigenvalue weighted by Crippen LogP contribution is -2.48. The molecule has 5 aromatic rings. The van der Waals surface area contributed by atoms with Crippen LogP contribution in [0.1, 0.15) is 18.9 Å². The minimum atomic E-state index is -3.74. The van der Waals surface area contributed by atoms with Crippen LogP contribution in [-0.4, -0.2) is 65.3 Å². The monoisotopic (exact) mass is 640 g/mol. The number of carbonyl (C=O) groups excluding carboxylic acids is 1. The normalized spacial score (nSPS) is 13.5. The molecule has 2 aromatic carbocycles. The largest absolute Gasteiger partial charge is 0.353 e. The topological polar surface area (TPSA) is 133 Å². The number of anilines is 4. The number of carbonyl (C=O) groups is 1. The van der Waals surface area contributed by atoms with Crippen molar-refractivity contribution in [1.82, 2.24) is 24.8 Å². The maximum atomic E-state index is 12.9. The molecule has 230 valence electrons. The molecule has 0 radical (unpaired) electrons. The fraction of sp³-hybridized carbons (Fsp3) is 0.219. The van der Waals surface area contributed by atoms with Gasteiger partial charge in [0.2, 0.25) is 11.9 Å². The predicted octanol–water partition coefficient (Wildman–Crippen LogP) is 5.44. The number of thiazole rings is 1.